The van der Waals surface area contributed by atoms with Crippen molar-refractivity contribution in [3.05, 3.63) is 84.1 Å². The van der Waals surface area contributed by atoms with E-state index in [4.69, 9.17) is 18.4 Å². The summed E-state index contributed by atoms with van der Waals surface area (Å²) in [5, 5.41) is 4.07. The predicted octanol–water partition coefficient (Wildman–Crippen LogP) is 4.23. The van der Waals surface area contributed by atoms with E-state index in [2.05, 4.69) is 10.1 Å². The molecule has 0 unspecified atom stereocenters. The lowest BCUT2D eigenvalue weighted by atomic mass is 10.2. The van der Waals surface area contributed by atoms with E-state index in [1.54, 1.807) is 49.5 Å². The molecule has 0 saturated carbocycles. The molecule has 4 aromatic rings. The molecule has 0 saturated heterocycles. The predicted molar refractivity (Wildman–Crippen MR) is 116 cm³/mol. The lowest BCUT2D eigenvalue weighted by Gasteiger charge is -2.21. The third-order valence-electron chi connectivity index (χ3n) is 4.91. The molecule has 0 bridgehead atoms. The van der Waals surface area contributed by atoms with Gasteiger partial charge in [-0.1, -0.05) is 35.5 Å². The van der Waals surface area contributed by atoms with Gasteiger partial charge < -0.3 is 23.3 Å². The molecule has 8 heteroatoms. The molecule has 0 aliphatic carbocycles. The van der Waals surface area contributed by atoms with Crippen molar-refractivity contribution in [3.8, 4) is 22.9 Å². The van der Waals surface area contributed by atoms with Gasteiger partial charge in [-0.3, -0.25) is 4.79 Å². The number of rotatable bonds is 9. The Bertz CT molecular complexity index is 1130. The van der Waals surface area contributed by atoms with Crippen molar-refractivity contribution in [3.63, 3.8) is 0 Å². The van der Waals surface area contributed by atoms with Crippen LogP contribution in [0.4, 0.5) is 0 Å². The Hall–Kier alpha value is -4.07. The van der Waals surface area contributed by atoms with E-state index < -0.39 is 0 Å². The highest BCUT2D eigenvalue weighted by Crippen LogP contribution is 2.28. The molecule has 0 N–H and O–H groups in total. The van der Waals surface area contributed by atoms with Gasteiger partial charge in [0.05, 0.1) is 20.5 Å². The SMILES string of the molecule is COc1cc(OC)cc(-c2noc(CCN(Cc3ccccc3)C(=O)c3ccco3)n2)c1. The summed E-state index contributed by atoms with van der Waals surface area (Å²) in [4.78, 5) is 19.1. The Kier molecular flexibility index (Phi) is 6.50. The largest absolute Gasteiger partial charge is 0.497 e. The third kappa shape index (κ3) is 4.97. The number of methoxy groups -OCH3 is 2. The van der Waals surface area contributed by atoms with Crippen molar-refractivity contribution in [2.75, 3.05) is 20.8 Å². The summed E-state index contributed by atoms with van der Waals surface area (Å²) in [5.74, 6) is 2.19. The first kappa shape index (κ1) is 21.2. The van der Waals surface area contributed by atoms with Gasteiger partial charge in [-0.2, -0.15) is 4.98 Å². The minimum Gasteiger partial charge on any atom is -0.497 e. The molecule has 1 amide bonds. The van der Waals surface area contributed by atoms with Gasteiger partial charge in [-0.05, 0) is 29.8 Å². The summed E-state index contributed by atoms with van der Waals surface area (Å²) in [7, 11) is 3.16. The molecular weight excluding hydrogens is 410 g/mol. The van der Waals surface area contributed by atoms with Gasteiger partial charge >= 0.3 is 0 Å². The summed E-state index contributed by atoms with van der Waals surface area (Å²) in [6.45, 7) is 0.825. The zero-order chi connectivity index (χ0) is 22.3. The van der Waals surface area contributed by atoms with Gasteiger partial charge in [0, 0.05) is 31.1 Å². The number of ether oxygens (including phenoxy) is 2. The molecule has 2 aromatic carbocycles. The Labute approximate surface area is 185 Å². The molecule has 164 valence electrons. The Balaban J connectivity index is 1.50. The van der Waals surface area contributed by atoms with Gasteiger partial charge in [0.1, 0.15) is 11.5 Å². The fourth-order valence-corrected chi connectivity index (χ4v) is 3.25. The minimum atomic E-state index is -0.198. The summed E-state index contributed by atoms with van der Waals surface area (Å²) < 4.78 is 21.3. The molecule has 0 atom stereocenters. The molecule has 4 rings (SSSR count). The van der Waals surface area contributed by atoms with Crippen LogP contribution in [0.5, 0.6) is 11.5 Å². The number of furan rings is 1. The van der Waals surface area contributed by atoms with Gasteiger partial charge in [0.25, 0.3) is 5.91 Å². The first-order chi connectivity index (χ1) is 15.7. The minimum absolute atomic E-state index is 0.198. The topological polar surface area (TPSA) is 90.8 Å². The second-order valence-electron chi connectivity index (χ2n) is 7.05. The second-order valence-corrected chi connectivity index (χ2v) is 7.05. The Morgan fingerprint density at radius 3 is 2.41 bits per heavy atom. The van der Waals surface area contributed by atoms with Crippen LogP contribution in [0.15, 0.2) is 75.9 Å². The summed E-state index contributed by atoms with van der Waals surface area (Å²) in [5.41, 5.74) is 1.73. The molecule has 2 aromatic heterocycles. The monoisotopic (exact) mass is 433 g/mol. The third-order valence-corrected chi connectivity index (χ3v) is 4.91. The van der Waals surface area contributed by atoms with Crippen molar-refractivity contribution < 1.29 is 23.2 Å². The highest BCUT2D eigenvalue weighted by Gasteiger charge is 2.20. The van der Waals surface area contributed by atoms with E-state index in [0.717, 1.165) is 5.56 Å². The van der Waals surface area contributed by atoms with Crippen molar-refractivity contribution in [2.24, 2.45) is 0 Å². The van der Waals surface area contributed by atoms with Gasteiger partial charge in [0.2, 0.25) is 11.7 Å². The van der Waals surface area contributed by atoms with E-state index in [-0.39, 0.29) is 11.7 Å². The molecule has 0 fully saturated rings. The van der Waals surface area contributed by atoms with E-state index in [1.807, 2.05) is 30.3 Å². The standard InChI is InChI=1S/C24H23N3O5/c1-29-19-13-18(14-20(15-19)30-2)23-25-22(32-26-23)10-11-27(16-17-7-4-3-5-8-17)24(28)21-9-6-12-31-21/h3-9,12-15H,10-11,16H2,1-2H3. The maximum absolute atomic E-state index is 12.9. The van der Waals surface area contributed by atoms with E-state index in [1.165, 1.54) is 6.26 Å². The number of hydrogen-bond donors (Lipinski definition) is 0. The van der Waals surface area contributed by atoms with Gasteiger partial charge in [0.15, 0.2) is 5.76 Å². The normalized spacial score (nSPS) is 10.7. The molecule has 0 spiro atoms. The molecule has 8 nitrogen and oxygen atoms in total. The Morgan fingerprint density at radius 2 is 1.75 bits per heavy atom. The van der Waals surface area contributed by atoms with Crippen LogP contribution in [0.2, 0.25) is 0 Å². The summed E-state index contributed by atoms with van der Waals surface area (Å²) in [6, 6.07) is 18.5. The molecule has 0 radical (unpaired) electrons. The number of hydrogen-bond acceptors (Lipinski definition) is 7. The molecular formula is C24H23N3O5. The average Bonchev–Trinajstić information content (AvgIpc) is 3.54. The van der Waals surface area contributed by atoms with Crippen LogP contribution >= 0.6 is 0 Å². The van der Waals surface area contributed by atoms with Crippen molar-refractivity contribution in [1.29, 1.82) is 0 Å². The van der Waals surface area contributed by atoms with Crippen molar-refractivity contribution in [1.82, 2.24) is 15.0 Å². The fourth-order valence-electron chi connectivity index (χ4n) is 3.25. The Morgan fingerprint density at radius 1 is 1.00 bits per heavy atom. The lowest BCUT2D eigenvalue weighted by molar-refractivity contribution is 0.0709. The van der Waals surface area contributed by atoms with E-state index in [9.17, 15) is 4.79 Å². The molecule has 32 heavy (non-hydrogen) atoms. The zero-order valence-electron chi connectivity index (χ0n) is 17.9. The van der Waals surface area contributed by atoms with Crippen LogP contribution in [0.3, 0.4) is 0 Å². The highest BCUT2D eigenvalue weighted by atomic mass is 16.5. The van der Waals surface area contributed by atoms with Crippen LogP contribution in [-0.4, -0.2) is 41.7 Å². The smallest absolute Gasteiger partial charge is 0.289 e. The lowest BCUT2D eigenvalue weighted by Crippen LogP contribution is -2.32. The number of amides is 1. The van der Waals surface area contributed by atoms with Crippen LogP contribution in [0.1, 0.15) is 22.0 Å². The molecule has 0 aliphatic rings. The number of nitrogens with zero attached hydrogens (tertiary/aromatic N) is 3. The second kappa shape index (κ2) is 9.82. The number of aromatic nitrogens is 2. The summed E-state index contributed by atoms with van der Waals surface area (Å²) >= 11 is 0. The maximum Gasteiger partial charge on any atom is 0.289 e. The first-order valence-corrected chi connectivity index (χ1v) is 10.1. The van der Waals surface area contributed by atoms with Crippen LogP contribution in [-0.2, 0) is 13.0 Å². The van der Waals surface area contributed by atoms with Gasteiger partial charge in [-0.25, -0.2) is 0 Å². The number of benzene rings is 2. The van der Waals surface area contributed by atoms with Crippen LogP contribution in [0.25, 0.3) is 11.4 Å². The van der Waals surface area contributed by atoms with E-state index >= 15 is 0 Å². The average molecular weight is 433 g/mol. The number of carbonyl (C=O) groups excluding carboxylic acids is 1. The van der Waals surface area contributed by atoms with Crippen LogP contribution < -0.4 is 9.47 Å². The first-order valence-electron chi connectivity index (χ1n) is 10.1. The quantitative estimate of drug-likeness (QED) is 0.390. The van der Waals surface area contributed by atoms with E-state index in [0.29, 0.717) is 48.3 Å². The van der Waals surface area contributed by atoms with Crippen molar-refractivity contribution in [2.45, 2.75) is 13.0 Å². The molecule has 0 aliphatic heterocycles. The van der Waals surface area contributed by atoms with Crippen LogP contribution in [0, 0.1) is 0 Å². The maximum atomic E-state index is 12.9. The number of carbonyl (C=O) groups is 1. The van der Waals surface area contributed by atoms with Crippen molar-refractivity contribution >= 4 is 5.91 Å². The van der Waals surface area contributed by atoms with Gasteiger partial charge in [-0.15, -0.1) is 0 Å². The zero-order valence-corrected chi connectivity index (χ0v) is 17.9. The fraction of sp³-hybridized carbons (Fsp3) is 0.208. The molecule has 2 heterocycles. The highest BCUT2D eigenvalue weighted by molar-refractivity contribution is 5.91. The summed E-state index contributed by atoms with van der Waals surface area (Å²) in [6.07, 6.45) is 1.88.